The van der Waals surface area contributed by atoms with Crippen molar-refractivity contribution in [2.45, 2.75) is 6.54 Å². The van der Waals surface area contributed by atoms with E-state index in [1.165, 1.54) is 0 Å². The van der Waals surface area contributed by atoms with Crippen LogP contribution in [-0.4, -0.2) is 19.6 Å². The average Bonchev–Trinajstić information content (AvgIpc) is 2.50. The van der Waals surface area contributed by atoms with Gasteiger partial charge in [-0.2, -0.15) is 0 Å². The number of methoxy groups -OCH3 is 1. The second kappa shape index (κ2) is 5.25. The van der Waals surface area contributed by atoms with Crippen molar-refractivity contribution in [2.24, 2.45) is 0 Å². The fourth-order valence-electron chi connectivity index (χ4n) is 2.39. The van der Waals surface area contributed by atoms with Crippen molar-refractivity contribution in [3.63, 3.8) is 0 Å². The quantitative estimate of drug-likeness (QED) is 0.930. The van der Waals surface area contributed by atoms with Crippen molar-refractivity contribution < 1.29 is 9.53 Å². The maximum absolute atomic E-state index is 12.1. The molecule has 102 valence electrons. The molecule has 2 aromatic rings. The van der Waals surface area contributed by atoms with Crippen LogP contribution < -0.4 is 15.0 Å². The molecule has 0 saturated carbocycles. The molecule has 0 saturated heterocycles. The van der Waals surface area contributed by atoms with Crippen LogP contribution in [0.2, 0.25) is 0 Å². The molecule has 0 fully saturated rings. The Bertz CT molecular complexity index is 640. The molecule has 0 radical (unpaired) electrons. The SMILES string of the molecule is COc1cccc(CN2C(=O)CNc3ccccc32)c1. The number of ether oxygens (including phenoxy) is 1. The van der Waals surface area contributed by atoms with Gasteiger partial charge < -0.3 is 15.0 Å². The van der Waals surface area contributed by atoms with Gasteiger partial charge in [-0.05, 0) is 29.8 Å². The Balaban J connectivity index is 1.91. The van der Waals surface area contributed by atoms with Gasteiger partial charge in [0.25, 0.3) is 0 Å². The lowest BCUT2D eigenvalue weighted by atomic mass is 10.1. The number of nitrogens with one attached hydrogen (secondary N) is 1. The van der Waals surface area contributed by atoms with E-state index in [1.807, 2.05) is 48.5 Å². The van der Waals surface area contributed by atoms with Crippen molar-refractivity contribution in [1.29, 1.82) is 0 Å². The Hall–Kier alpha value is -2.49. The van der Waals surface area contributed by atoms with Crippen molar-refractivity contribution >= 4 is 17.3 Å². The first-order chi connectivity index (χ1) is 9.78. The summed E-state index contributed by atoms with van der Waals surface area (Å²) in [4.78, 5) is 14.0. The number of carbonyl (C=O) groups excluding carboxylic acids is 1. The number of carbonyl (C=O) groups is 1. The lowest BCUT2D eigenvalue weighted by Gasteiger charge is -2.30. The van der Waals surface area contributed by atoms with E-state index < -0.39 is 0 Å². The highest BCUT2D eigenvalue weighted by Gasteiger charge is 2.23. The molecule has 0 unspecified atom stereocenters. The number of para-hydroxylation sites is 2. The van der Waals surface area contributed by atoms with Crippen LogP contribution in [0.4, 0.5) is 11.4 Å². The van der Waals surface area contributed by atoms with E-state index in [0.717, 1.165) is 22.7 Å². The third kappa shape index (κ3) is 2.32. The highest BCUT2D eigenvalue weighted by Crippen LogP contribution is 2.30. The molecule has 1 N–H and O–H groups in total. The monoisotopic (exact) mass is 268 g/mol. The highest BCUT2D eigenvalue weighted by molar-refractivity contribution is 6.02. The van der Waals surface area contributed by atoms with E-state index in [4.69, 9.17) is 4.74 Å². The van der Waals surface area contributed by atoms with Crippen molar-refractivity contribution in [1.82, 2.24) is 0 Å². The van der Waals surface area contributed by atoms with Gasteiger partial charge in [-0.15, -0.1) is 0 Å². The van der Waals surface area contributed by atoms with Crippen molar-refractivity contribution in [2.75, 3.05) is 23.9 Å². The van der Waals surface area contributed by atoms with Gasteiger partial charge in [-0.25, -0.2) is 0 Å². The first-order valence-corrected chi connectivity index (χ1v) is 6.54. The van der Waals surface area contributed by atoms with Crippen LogP contribution in [0.1, 0.15) is 5.56 Å². The zero-order chi connectivity index (χ0) is 13.9. The van der Waals surface area contributed by atoms with Gasteiger partial charge in [0.1, 0.15) is 5.75 Å². The summed E-state index contributed by atoms with van der Waals surface area (Å²) in [5.74, 6) is 0.880. The summed E-state index contributed by atoms with van der Waals surface area (Å²) < 4.78 is 5.22. The van der Waals surface area contributed by atoms with Gasteiger partial charge in [-0.3, -0.25) is 4.79 Å². The summed E-state index contributed by atoms with van der Waals surface area (Å²) in [7, 11) is 1.64. The highest BCUT2D eigenvalue weighted by atomic mass is 16.5. The van der Waals surface area contributed by atoms with E-state index in [-0.39, 0.29) is 5.91 Å². The van der Waals surface area contributed by atoms with E-state index in [2.05, 4.69) is 5.32 Å². The maximum Gasteiger partial charge on any atom is 0.246 e. The molecule has 1 heterocycles. The molecule has 4 nitrogen and oxygen atoms in total. The molecular formula is C16H16N2O2. The molecule has 0 atom stereocenters. The van der Waals surface area contributed by atoms with E-state index in [0.29, 0.717) is 13.1 Å². The second-order valence-electron chi connectivity index (χ2n) is 4.70. The number of nitrogens with zero attached hydrogens (tertiary/aromatic N) is 1. The Kier molecular flexibility index (Phi) is 3.29. The minimum absolute atomic E-state index is 0.0755. The minimum atomic E-state index is 0.0755. The summed E-state index contributed by atoms with van der Waals surface area (Å²) in [6.07, 6.45) is 0. The average molecular weight is 268 g/mol. The number of hydrogen-bond acceptors (Lipinski definition) is 3. The molecule has 1 aliphatic heterocycles. The lowest BCUT2D eigenvalue weighted by Crippen LogP contribution is -2.39. The summed E-state index contributed by atoms with van der Waals surface area (Å²) >= 11 is 0. The molecule has 1 aliphatic rings. The van der Waals surface area contributed by atoms with Crippen LogP contribution in [0, 0.1) is 0 Å². The maximum atomic E-state index is 12.1. The summed E-state index contributed by atoms with van der Waals surface area (Å²) in [6, 6.07) is 15.6. The molecule has 3 rings (SSSR count). The fourth-order valence-corrected chi connectivity index (χ4v) is 2.39. The van der Waals surface area contributed by atoms with Crippen LogP contribution in [-0.2, 0) is 11.3 Å². The first-order valence-electron chi connectivity index (χ1n) is 6.54. The third-order valence-corrected chi connectivity index (χ3v) is 3.40. The zero-order valence-corrected chi connectivity index (χ0v) is 11.3. The number of hydrogen-bond donors (Lipinski definition) is 1. The van der Waals surface area contributed by atoms with Gasteiger partial charge in [0.2, 0.25) is 5.91 Å². The van der Waals surface area contributed by atoms with Crippen LogP contribution in [0.15, 0.2) is 48.5 Å². The van der Waals surface area contributed by atoms with Gasteiger partial charge in [0, 0.05) is 0 Å². The van der Waals surface area contributed by atoms with Gasteiger partial charge in [-0.1, -0.05) is 24.3 Å². The van der Waals surface area contributed by atoms with Crippen LogP contribution in [0.5, 0.6) is 5.75 Å². The molecule has 0 aliphatic carbocycles. The molecule has 4 heteroatoms. The number of anilines is 2. The zero-order valence-electron chi connectivity index (χ0n) is 11.3. The Morgan fingerprint density at radius 1 is 1.20 bits per heavy atom. The number of amides is 1. The van der Waals surface area contributed by atoms with Crippen molar-refractivity contribution in [3.05, 3.63) is 54.1 Å². The summed E-state index contributed by atoms with van der Waals surface area (Å²) in [6.45, 7) is 0.885. The van der Waals surface area contributed by atoms with Gasteiger partial charge in [0.15, 0.2) is 0 Å². The summed E-state index contributed by atoms with van der Waals surface area (Å²) in [5.41, 5.74) is 2.97. The first kappa shape index (κ1) is 12.5. The Labute approximate surface area is 118 Å². The standard InChI is InChI=1S/C16H16N2O2/c1-20-13-6-4-5-12(9-13)11-18-15-8-3-2-7-14(15)17-10-16(18)19/h2-9,17H,10-11H2,1H3. The largest absolute Gasteiger partial charge is 0.497 e. The third-order valence-electron chi connectivity index (χ3n) is 3.40. The number of rotatable bonds is 3. The van der Waals surface area contributed by atoms with E-state index in [1.54, 1.807) is 12.0 Å². The molecule has 0 aromatic heterocycles. The van der Waals surface area contributed by atoms with Gasteiger partial charge in [0.05, 0.1) is 31.6 Å². The minimum Gasteiger partial charge on any atom is -0.497 e. The van der Waals surface area contributed by atoms with E-state index >= 15 is 0 Å². The van der Waals surface area contributed by atoms with E-state index in [9.17, 15) is 4.79 Å². The van der Waals surface area contributed by atoms with Crippen molar-refractivity contribution in [3.8, 4) is 5.75 Å². The Morgan fingerprint density at radius 3 is 2.90 bits per heavy atom. The molecule has 0 bridgehead atoms. The smallest absolute Gasteiger partial charge is 0.246 e. The number of benzene rings is 2. The van der Waals surface area contributed by atoms with Crippen LogP contribution >= 0.6 is 0 Å². The number of fused-ring (bicyclic) bond motifs is 1. The van der Waals surface area contributed by atoms with Crippen LogP contribution in [0.25, 0.3) is 0 Å². The fraction of sp³-hybridized carbons (Fsp3) is 0.188. The molecule has 2 aromatic carbocycles. The second-order valence-corrected chi connectivity index (χ2v) is 4.70. The molecule has 0 spiro atoms. The lowest BCUT2D eigenvalue weighted by molar-refractivity contribution is -0.117. The van der Waals surface area contributed by atoms with Crippen LogP contribution in [0.3, 0.4) is 0 Å². The normalized spacial score (nSPS) is 13.7. The molecule has 1 amide bonds. The van der Waals surface area contributed by atoms with Gasteiger partial charge >= 0.3 is 0 Å². The molecular weight excluding hydrogens is 252 g/mol. The predicted octanol–water partition coefficient (Wildman–Crippen LogP) is 2.65. The topological polar surface area (TPSA) is 41.6 Å². The molecule has 20 heavy (non-hydrogen) atoms. The summed E-state index contributed by atoms with van der Waals surface area (Å²) in [5, 5.41) is 3.13. The predicted molar refractivity (Wildman–Crippen MR) is 79.1 cm³/mol. The Morgan fingerprint density at radius 2 is 2.05 bits per heavy atom.